The molecular formula is C70H47NO. The van der Waals surface area contributed by atoms with Crippen molar-refractivity contribution in [3.8, 4) is 78.1 Å². The van der Waals surface area contributed by atoms with Crippen LogP contribution in [0.15, 0.2) is 290 Å². The molecule has 0 atom stereocenters. The van der Waals surface area contributed by atoms with Gasteiger partial charge in [-0.2, -0.15) is 0 Å². The van der Waals surface area contributed by atoms with E-state index in [1.807, 2.05) is 12.1 Å². The highest BCUT2D eigenvalue weighted by Gasteiger charge is 2.19. The molecule has 0 spiro atoms. The van der Waals surface area contributed by atoms with Crippen LogP contribution in [0.4, 0.5) is 17.1 Å². The molecule has 0 saturated heterocycles. The number of furan rings is 1. The molecule has 0 amide bonds. The van der Waals surface area contributed by atoms with E-state index in [-0.39, 0.29) is 0 Å². The maximum Gasteiger partial charge on any atom is 0.143 e. The molecule has 338 valence electrons. The monoisotopic (exact) mass is 917 g/mol. The van der Waals surface area contributed by atoms with Crippen LogP contribution in [0.2, 0.25) is 0 Å². The van der Waals surface area contributed by atoms with E-state index in [0.717, 1.165) is 72.7 Å². The van der Waals surface area contributed by atoms with Crippen molar-refractivity contribution in [2.24, 2.45) is 0 Å². The normalized spacial score (nSPS) is 11.3. The minimum Gasteiger partial charge on any atom is -0.455 e. The highest BCUT2D eigenvalue weighted by atomic mass is 16.3. The summed E-state index contributed by atoms with van der Waals surface area (Å²) >= 11 is 0. The van der Waals surface area contributed by atoms with Crippen LogP contribution < -0.4 is 4.90 Å². The molecular weight excluding hydrogens is 871 g/mol. The first kappa shape index (κ1) is 42.6. The van der Waals surface area contributed by atoms with Crippen molar-refractivity contribution in [3.63, 3.8) is 0 Å². The SMILES string of the molecule is c1ccc(-c2ccccc2-c2ccc(N(c3ccc(-c4ccc(-c5cccc(-c6oc7ccccc7c6-c6ccccc6)c5)cc4)cc3)c3ccc(-c4ccc5c(ccc6ccccc65)c4)cc3)cc2)cc1. The summed E-state index contributed by atoms with van der Waals surface area (Å²) < 4.78 is 6.58. The van der Waals surface area contributed by atoms with Gasteiger partial charge in [0.1, 0.15) is 11.3 Å². The van der Waals surface area contributed by atoms with Gasteiger partial charge in [0.15, 0.2) is 0 Å². The zero-order valence-electron chi connectivity index (χ0n) is 39.5. The number of fused-ring (bicyclic) bond motifs is 4. The molecule has 72 heavy (non-hydrogen) atoms. The van der Waals surface area contributed by atoms with Crippen LogP contribution in [-0.2, 0) is 0 Å². The van der Waals surface area contributed by atoms with Crippen LogP contribution in [0.25, 0.3) is 111 Å². The maximum absolute atomic E-state index is 6.58. The Hall–Kier alpha value is -9.50. The molecule has 13 rings (SSSR count). The summed E-state index contributed by atoms with van der Waals surface area (Å²) in [6.07, 6.45) is 0. The van der Waals surface area contributed by atoms with Crippen LogP contribution in [0.3, 0.4) is 0 Å². The second kappa shape index (κ2) is 18.4. The molecule has 0 radical (unpaired) electrons. The summed E-state index contributed by atoms with van der Waals surface area (Å²) in [5.41, 5.74) is 19.2. The van der Waals surface area contributed by atoms with Crippen molar-refractivity contribution >= 4 is 49.6 Å². The Morgan fingerprint density at radius 3 is 1.29 bits per heavy atom. The first-order valence-corrected chi connectivity index (χ1v) is 24.6. The lowest BCUT2D eigenvalue weighted by atomic mass is 9.94. The summed E-state index contributed by atoms with van der Waals surface area (Å²) in [4.78, 5) is 2.36. The van der Waals surface area contributed by atoms with E-state index in [2.05, 4.69) is 278 Å². The second-order valence-electron chi connectivity index (χ2n) is 18.4. The summed E-state index contributed by atoms with van der Waals surface area (Å²) in [7, 11) is 0. The zero-order chi connectivity index (χ0) is 47.8. The van der Waals surface area contributed by atoms with E-state index < -0.39 is 0 Å². The van der Waals surface area contributed by atoms with Gasteiger partial charge in [0.2, 0.25) is 0 Å². The summed E-state index contributed by atoms with van der Waals surface area (Å²) in [6, 6.07) is 103. The van der Waals surface area contributed by atoms with Gasteiger partial charge in [0.05, 0.1) is 0 Å². The Kier molecular flexibility index (Phi) is 10.9. The maximum atomic E-state index is 6.58. The second-order valence-corrected chi connectivity index (χ2v) is 18.4. The van der Waals surface area contributed by atoms with E-state index in [0.29, 0.717) is 0 Å². The Bertz CT molecular complexity index is 4040. The summed E-state index contributed by atoms with van der Waals surface area (Å²) in [5.74, 6) is 0.883. The van der Waals surface area contributed by atoms with E-state index in [1.165, 1.54) is 54.9 Å². The van der Waals surface area contributed by atoms with Gasteiger partial charge in [-0.05, 0) is 137 Å². The lowest BCUT2D eigenvalue weighted by Crippen LogP contribution is -2.09. The quantitative estimate of drug-likeness (QED) is 0.127. The van der Waals surface area contributed by atoms with E-state index in [9.17, 15) is 0 Å². The molecule has 0 bridgehead atoms. The van der Waals surface area contributed by atoms with Crippen molar-refractivity contribution in [3.05, 3.63) is 285 Å². The van der Waals surface area contributed by atoms with E-state index in [1.54, 1.807) is 0 Å². The first-order chi connectivity index (χ1) is 35.7. The zero-order valence-corrected chi connectivity index (χ0v) is 39.5. The molecule has 1 heterocycles. The fraction of sp³-hybridized carbons (Fsp3) is 0. The molecule has 0 unspecified atom stereocenters. The minimum atomic E-state index is 0.883. The molecule has 0 N–H and O–H groups in total. The minimum absolute atomic E-state index is 0.883. The van der Waals surface area contributed by atoms with Gasteiger partial charge in [0, 0.05) is 33.6 Å². The standard InChI is InChI=1S/C70H47NO/c1-3-14-52(15-4-1)63-22-9-10-23-65(63)54-36-43-62(44-37-54)71(61-41-34-51(35-42-61)57-38-45-66-58(46-57)31-30-53-16-7-8-21-64(53)66)60-39-32-49(33-40-60)48-26-28-50(29-27-48)56-19-13-20-59(47-56)70-69(55-17-5-2-6-18-55)67-24-11-12-25-68(67)72-70/h1-47H. The molecule has 0 fully saturated rings. The Balaban J connectivity index is 0.817. The number of para-hydroxylation sites is 1. The first-order valence-electron chi connectivity index (χ1n) is 24.6. The van der Waals surface area contributed by atoms with Gasteiger partial charge in [-0.25, -0.2) is 0 Å². The fourth-order valence-electron chi connectivity index (χ4n) is 10.5. The van der Waals surface area contributed by atoms with Gasteiger partial charge in [-0.1, -0.05) is 231 Å². The molecule has 13 aromatic rings. The van der Waals surface area contributed by atoms with Crippen LogP contribution in [0, 0.1) is 0 Å². The molecule has 0 aliphatic heterocycles. The average molecular weight is 918 g/mol. The molecule has 0 aliphatic carbocycles. The smallest absolute Gasteiger partial charge is 0.143 e. The van der Waals surface area contributed by atoms with E-state index >= 15 is 0 Å². The predicted octanol–water partition coefficient (Wildman–Crippen LogP) is 19.9. The third-order valence-corrected chi connectivity index (χ3v) is 14.1. The molecule has 1 aromatic heterocycles. The number of rotatable bonds is 10. The van der Waals surface area contributed by atoms with Gasteiger partial charge in [-0.3, -0.25) is 0 Å². The third kappa shape index (κ3) is 8.01. The summed E-state index contributed by atoms with van der Waals surface area (Å²) in [5, 5.41) is 6.18. The number of benzene rings is 12. The lowest BCUT2D eigenvalue weighted by molar-refractivity contribution is 0.632. The summed E-state index contributed by atoms with van der Waals surface area (Å²) in [6.45, 7) is 0. The molecule has 2 heteroatoms. The molecule has 12 aromatic carbocycles. The topological polar surface area (TPSA) is 16.4 Å². The Morgan fingerprint density at radius 2 is 0.653 bits per heavy atom. The molecule has 0 saturated carbocycles. The highest BCUT2D eigenvalue weighted by molar-refractivity contribution is 6.08. The largest absolute Gasteiger partial charge is 0.455 e. The van der Waals surface area contributed by atoms with Gasteiger partial charge >= 0.3 is 0 Å². The Morgan fingerprint density at radius 1 is 0.236 bits per heavy atom. The predicted molar refractivity (Wildman–Crippen MR) is 304 cm³/mol. The fourth-order valence-corrected chi connectivity index (χ4v) is 10.5. The van der Waals surface area contributed by atoms with Crippen molar-refractivity contribution < 1.29 is 4.42 Å². The third-order valence-electron chi connectivity index (χ3n) is 14.1. The molecule has 0 aliphatic rings. The number of hydrogen-bond donors (Lipinski definition) is 0. The van der Waals surface area contributed by atoms with Crippen LogP contribution in [0.5, 0.6) is 0 Å². The van der Waals surface area contributed by atoms with Crippen molar-refractivity contribution in [2.75, 3.05) is 4.90 Å². The van der Waals surface area contributed by atoms with Crippen molar-refractivity contribution in [2.45, 2.75) is 0 Å². The lowest BCUT2D eigenvalue weighted by Gasteiger charge is -2.26. The Labute approximate surface area is 420 Å². The van der Waals surface area contributed by atoms with Crippen molar-refractivity contribution in [1.82, 2.24) is 0 Å². The van der Waals surface area contributed by atoms with Gasteiger partial charge < -0.3 is 9.32 Å². The average Bonchev–Trinajstić information content (AvgIpc) is 3.86. The van der Waals surface area contributed by atoms with Crippen molar-refractivity contribution in [1.29, 1.82) is 0 Å². The van der Waals surface area contributed by atoms with E-state index in [4.69, 9.17) is 4.42 Å². The number of hydrogen-bond acceptors (Lipinski definition) is 2. The van der Waals surface area contributed by atoms with Crippen LogP contribution in [-0.4, -0.2) is 0 Å². The van der Waals surface area contributed by atoms with Crippen LogP contribution in [0.1, 0.15) is 0 Å². The number of nitrogens with zero attached hydrogens (tertiary/aromatic N) is 1. The molecule has 2 nitrogen and oxygen atoms in total. The van der Waals surface area contributed by atoms with Gasteiger partial charge in [-0.15, -0.1) is 0 Å². The van der Waals surface area contributed by atoms with Crippen LogP contribution >= 0.6 is 0 Å². The highest BCUT2D eigenvalue weighted by Crippen LogP contribution is 2.43. The van der Waals surface area contributed by atoms with Gasteiger partial charge in [0.25, 0.3) is 0 Å². The number of anilines is 3.